The number of carbonyl (C=O) groups is 1. The zero-order chi connectivity index (χ0) is 32.6. The van der Waals surface area contributed by atoms with E-state index in [2.05, 4.69) is 25.0 Å². The van der Waals surface area contributed by atoms with Crippen molar-refractivity contribution in [3.8, 4) is 11.4 Å². The van der Waals surface area contributed by atoms with Gasteiger partial charge in [0.25, 0.3) is 5.91 Å². The first-order chi connectivity index (χ1) is 20.3. The number of alkyl halides is 6. The molecule has 0 saturated carbocycles. The summed E-state index contributed by atoms with van der Waals surface area (Å²) in [6.45, 7) is -0.288. The molecule has 3 heterocycles. The molecule has 0 spiro atoms. The van der Waals surface area contributed by atoms with Gasteiger partial charge in [0.2, 0.25) is 6.17 Å². The normalized spacial score (nSPS) is 16.1. The summed E-state index contributed by atoms with van der Waals surface area (Å²) >= 11 is 0. The number of amides is 1. The van der Waals surface area contributed by atoms with E-state index >= 15 is 0 Å². The maximum Gasteiger partial charge on any atom is 0.524 e. The number of allylic oxidation sites excluding steroid dienone is 1. The van der Waals surface area contributed by atoms with E-state index in [0.717, 1.165) is 17.8 Å². The number of primary amides is 1. The van der Waals surface area contributed by atoms with Crippen LogP contribution >= 0.6 is 7.82 Å². The van der Waals surface area contributed by atoms with Gasteiger partial charge in [0.05, 0.1) is 17.7 Å². The lowest BCUT2D eigenvalue weighted by molar-refractivity contribution is -0.137. The van der Waals surface area contributed by atoms with Gasteiger partial charge in [-0.15, -0.1) is 5.10 Å². The molecule has 0 fully saturated rings. The first-order valence-electron chi connectivity index (χ1n) is 12.0. The first-order valence-corrected chi connectivity index (χ1v) is 13.6. The Bertz CT molecular complexity index is 1730. The van der Waals surface area contributed by atoms with Crippen LogP contribution < -0.4 is 21.9 Å². The van der Waals surface area contributed by atoms with Crippen molar-refractivity contribution < 1.29 is 50.0 Å². The molecule has 4 rings (SSSR count). The number of carbonyl (C=O) groups excluding carboxylic acids is 1. The number of hydrogen-bond donors (Lipinski definition) is 4. The highest BCUT2D eigenvalue weighted by molar-refractivity contribution is 7.46. The second-order valence-corrected chi connectivity index (χ2v) is 10.4. The average molecular weight is 650 g/mol. The molecule has 2 aromatic heterocycles. The van der Waals surface area contributed by atoms with Crippen LogP contribution in [0.4, 0.5) is 32.2 Å². The fraction of sp³-hybridized carbons (Fsp3) is 0.261. The number of aromatic nitrogens is 4. The molecular formula is C23H21F6N8O6P. The van der Waals surface area contributed by atoms with Crippen LogP contribution in [0.2, 0.25) is 0 Å². The van der Waals surface area contributed by atoms with E-state index in [1.54, 1.807) is 19.1 Å². The summed E-state index contributed by atoms with van der Waals surface area (Å²) in [5.41, 5.74) is 4.56. The van der Waals surface area contributed by atoms with Crippen LogP contribution in [0.5, 0.6) is 0 Å². The summed E-state index contributed by atoms with van der Waals surface area (Å²) in [4.78, 5) is 50.8. The molecule has 21 heteroatoms. The van der Waals surface area contributed by atoms with E-state index in [1.807, 2.05) is 0 Å². The Morgan fingerprint density at radius 3 is 2.39 bits per heavy atom. The fourth-order valence-corrected chi connectivity index (χ4v) is 4.19. The molecule has 0 bridgehead atoms. The zero-order valence-corrected chi connectivity index (χ0v) is 23.0. The summed E-state index contributed by atoms with van der Waals surface area (Å²) in [5, 5.41) is 4.69. The molecule has 0 saturated heterocycles. The third-order valence-electron chi connectivity index (χ3n) is 5.90. The molecule has 1 amide bonds. The third-order valence-corrected chi connectivity index (χ3v) is 6.28. The predicted octanol–water partition coefficient (Wildman–Crippen LogP) is 2.22. The van der Waals surface area contributed by atoms with E-state index in [1.165, 1.54) is 12.1 Å². The number of benzene rings is 1. The van der Waals surface area contributed by atoms with Crippen LogP contribution in [0.25, 0.3) is 11.4 Å². The van der Waals surface area contributed by atoms with Gasteiger partial charge in [-0.1, -0.05) is 29.8 Å². The molecule has 1 aliphatic rings. The maximum absolute atomic E-state index is 13.8. The van der Waals surface area contributed by atoms with Gasteiger partial charge < -0.3 is 10.3 Å². The standard InChI is InChI=1S/C23H21F6N8O6P/c1-12-4-6-13(7-5-12)18-34-36(21(39)35(18)9-14(22(24,25)26)11-43-44(40,41)42)10-16-32-20(17(30)38)37(33-16)19-15(23(27,28)29)3-2-8-31-19/h2-8,11,20H,9-10H2,1H3,(H2,30,38)(H,32,33)(H2,40,41,42)/b14-11-. The van der Waals surface area contributed by atoms with Gasteiger partial charge in [-0.25, -0.2) is 29.0 Å². The van der Waals surface area contributed by atoms with Crippen molar-refractivity contribution >= 4 is 25.4 Å². The van der Waals surface area contributed by atoms with E-state index in [-0.39, 0.29) is 23.5 Å². The van der Waals surface area contributed by atoms with Crippen molar-refractivity contribution in [2.24, 2.45) is 10.7 Å². The van der Waals surface area contributed by atoms with Gasteiger partial charge in [0, 0.05) is 11.8 Å². The minimum absolute atomic E-state index is 0.158. The SMILES string of the molecule is Cc1ccc(-c2nn(CC3=NC(C(N)=O)N(c4ncccc4C(F)(F)F)N3)c(=O)n2C/C(=C/OP(=O)(O)O)C(F)(F)F)cc1. The number of phosphoric ester groups is 1. The summed E-state index contributed by atoms with van der Waals surface area (Å²) in [7, 11) is -5.38. The van der Waals surface area contributed by atoms with Gasteiger partial charge in [0.1, 0.15) is 18.6 Å². The number of hydrogen-bond acceptors (Lipinski definition) is 9. The molecule has 1 unspecified atom stereocenters. The van der Waals surface area contributed by atoms with Crippen LogP contribution in [-0.4, -0.2) is 53.2 Å². The van der Waals surface area contributed by atoms with E-state index in [9.17, 15) is 40.5 Å². The van der Waals surface area contributed by atoms with Gasteiger partial charge in [-0.3, -0.25) is 24.6 Å². The number of aliphatic imine (C=N–C) groups is 1. The monoisotopic (exact) mass is 650 g/mol. The Hall–Kier alpha value is -4.68. The van der Waals surface area contributed by atoms with Gasteiger partial charge in [-0.05, 0) is 19.1 Å². The second kappa shape index (κ2) is 11.8. The molecule has 14 nitrogen and oxygen atoms in total. The molecule has 0 radical (unpaired) electrons. The molecule has 44 heavy (non-hydrogen) atoms. The van der Waals surface area contributed by atoms with Crippen molar-refractivity contribution in [3.05, 3.63) is 76.0 Å². The van der Waals surface area contributed by atoms with Crippen molar-refractivity contribution in [2.45, 2.75) is 38.5 Å². The number of aryl methyl sites for hydroxylation is 1. The van der Waals surface area contributed by atoms with E-state index in [4.69, 9.17) is 15.5 Å². The Labute approximate surface area is 242 Å². The highest BCUT2D eigenvalue weighted by Crippen LogP contribution is 2.39. The van der Waals surface area contributed by atoms with E-state index in [0.29, 0.717) is 20.3 Å². The summed E-state index contributed by atoms with van der Waals surface area (Å²) in [6.07, 6.45) is -11.1. The number of hydrazine groups is 1. The van der Waals surface area contributed by atoms with Gasteiger partial charge in [-0.2, -0.15) is 26.3 Å². The number of amidine groups is 1. The lowest BCUT2D eigenvalue weighted by Crippen LogP contribution is -2.48. The lowest BCUT2D eigenvalue weighted by Gasteiger charge is -2.25. The fourth-order valence-electron chi connectivity index (χ4n) is 3.92. The molecule has 5 N–H and O–H groups in total. The number of nitrogens with two attached hydrogens (primary N) is 1. The topological polar surface area (TPSA) is 190 Å². The Morgan fingerprint density at radius 1 is 1.16 bits per heavy atom. The first kappa shape index (κ1) is 32.2. The molecule has 1 atom stereocenters. The van der Waals surface area contributed by atoms with Crippen molar-refractivity contribution in [1.82, 2.24) is 24.8 Å². The minimum atomic E-state index is -5.38. The van der Waals surface area contributed by atoms with Crippen LogP contribution in [0, 0.1) is 6.92 Å². The third kappa shape index (κ3) is 7.26. The van der Waals surface area contributed by atoms with Gasteiger partial charge in [0.15, 0.2) is 11.6 Å². The van der Waals surface area contributed by atoms with Crippen molar-refractivity contribution in [3.63, 3.8) is 0 Å². The summed E-state index contributed by atoms with van der Waals surface area (Å²) < 4.78 is 98.3. The Kier molecular flexibility index (Phi) is 8.63. The van der Waals surface area contributed by atoms with Crippen LogP contribution in [0.1, 0.15) is 11.1 Å². The second-order valence-electron chi connectivity index (χ2n) is 9.16. The number of pyridine rings is 1. The number of anilines is 1. The largest absolute Gasteiger partial charge is 0.524 e. The molecular weight excluding hydrogens is 629 g/mol. The minimum Gasteiger partial charge on any atom is -0.412 e. The molecule has 1 aromatic carbocycles. The number of phosphoric acid groups is 1. The Balaban J connectivity index is 1.76. The maximum atomic E-state index is 13.8. The lowest BCUT2D eigenvalue weighted by atomic mass is 10.1. The highest BCUT2D eigenvalue weighted by atomic mass is 31.2. The smallest absolute Gasteiger partial charge is 0.412 e. The van der Waals surface area contributed by atoms with E-state index < -0.39 is 68.0 Å². The van der Waals surface area contributed by atoms with Crippen LogP contribution in [0.3, 0.4) is 0 Å². The van der Waals surface area contributed by atoms with Crippen LogP contribution in [-0.2, 0) is 33.1 Å². The molecule has 3 aromatic rings. The van der Waals surface area contributed by atoms with Gasteiger partial charge >= 0.3 is 25.9 Å². The van der Waals surface area contributed by atoms with Crippen molar-refractivity contribution in [2.75, 3.05) is 5.01 Å². The zero-order valence-electron chi connectivity index (χ0n) is 22.1. The highest BCUT2D eigenvalue weighted by Gasteiger charge is 2.41. The van der Waals surface area contributed by atoms with Crippen LogP contribution in [0.15, 0.2) is 64.2 Å². The molecule has 0 aliphatic carbocycles. The average Bonchev–Trinajstić information content (AvgIpc) is 3.47. The molecule has 236 valence electrons. The number of halogens is 6. The summed E-state index contributed by atoms with van der Waals surface area (Å²) in [6, 6.07) is 7.74. The number of nitrogens with one attached hydrogen (secondary N) is 1. The summed E-state index contributed by atoms with van der Waals surface area (Å²) in [5.74, 6) is -2.63. The Morgan fingerprint density at radius 2 is 1.82 bits per heavy atom. The predicted molar refractivity (Wildman–Crippen MR) is 139 cm³/mol. The molecule has 1 aliphatic heterocycles. The quantitative estimate of drug-likeness (QED) is 0.152. The number of nitrogens with zero attached hydrogens (tertiary/aromatic N) is 6. The number of rotatable bonds is 9. The van der Waals surface area contributed by atoms with Crippen molar-refractivity contribution in [1.29, 1.82) is 0 Å².